The van der Waals surface area contributed by atoms with Crippen LogP contribution in [0, 0.1) is 6.92 Å². The summed E-state index contributed by atoms with van der Waals surface area (Å²) in [5.41, 5.74) is 1.37. The zero-order valence-corrected chi connectivity index (χ0v) is 17.6. The predicted molar refractivity (Wildman–Crippen MR) is 114 cm³/mol. The van der Waals surface area contributed by atoms with Crippen molar-refractivity contribution >= 4 is 40.9 Å². The number of carbonyl (C=O) groups excluding carboxylic acids is 3. The van der Waals surface area contributed by atoms with Gasteiger partial charge in [0.2, 0.25) is 5.91 Å². The third-order valence-corrected chi connectivity index (χ3v) is 6.26. The normalized spacial score (nSPS) is 17.8. The van der Waals surface area contributed by atoms with Crippen LogP contribution in [-0.4, -0.2) is 57.6 Å². The van der Waals surface area contributed by atoms with Crippen LogP contribution in [0.15, 0.2) is 39.7 Å². The van der Waals surface area contributed by atoms with Gasteiger partial charge in [0.1, 0.15) is 18.1 Å². The van der Waals surface area contributed by atoms with Gasteiger partial charge in [-0.1, -0.05) is 12.1 Å². The lowest BCUT2D eigenvalue weighted by Crippen LogP contribution is -2.40. The molecular weight excluding hydrogens is 420 g/mol. The van der Waals surface area contributed by atoms with Crippen LogP contribution < -0.4 is 0 Å². The molecule has 0 radical (unpaired) electrons. The topological polar surface area (TPSA) is 108 Å². The highest BCUT2D eigenvalue weighted by molar-refractivity contribution is 8.18. The fourth-order valence-electron chi connectivity index (χ4n) is 3.68. The minimum absolute atomic E-state index is 0.177. The van der Waals surface area contributed by atoms with Gasteiger partial charge in [0, 0.05) is 24.7 Å². The molecule has 4 rings (SSSR count). The van der Waals surface area contributed by atoms with Gasteiger partial charge in [-0.25, -0.2) is 4.79 Å². The van der Waals surface area contributed by atoms with Gasteiger partial charge in [0.25, 0.3) is 11.1 Å². The highest BCUT2D eigenvalue weighted by Crippen LogP contribution is 2.34. The van der Waals surface area contributed by atoms with Crippen LogP contribution in [0.3, 0.4) is 0 Å². The summed E-state index contributed by atoms with van der Waals surface area (Å²) in [6, 6.07) is 8.23. The largest absolute Gasteiger partial charge is 0.478 e. The standard InChI is InChI=1S/C22H20N2O6S/c1-13-15(5-4-6-16(13)21(27)28)17-8-7-14(30-17)11-18-20(26)24(22(29)31-18)12-19(25)23-9-2-3-10-23/h4-8,11H,2-3,9-10,12H2,1H3,(H,27,28)/b18-11-. The number of carboxylic acids is 1. The minimum Gasteiger partial charge on any atom is -0.478 e. The van der Waals surface area contributed by atoms with E-state index in [1.54, 1.807) is 36.1 Å². The summed E-state index contributed by atoms with van der Waals surface area (Å²) in [6.45, 7) is 2.75. The number of furan rings is 1. The van der Waals surface area contributed by atoms with Gasteiger partial charge >= 0.3 is 5.97 Å². The van der Waals surface area contributed by atoms with Gasteiger partial charge in [-0.3, -0.25) is 19.3 Å². The molecule has 3 amide bonds. The van der Waals surface area contributed by atoms with Crippen molar-refractivity contribution in [2.75, 3.05) is 19.6 Å². The first-order valence-electron chi connectivity index (χ1n) is 9.81. The van der Waals surface area contributed by atoms with Gasteiger partial charge in [-0.05, 0) is 55.3 Å². The Morgan fingerprint density at radius 2 is 1.90 bits per heavy atom. The summed E-state index contributed by atoms with van der Waals surface area (Å²) in [7, 11) is 0. The van der Waals surface area contributed by atoms with Crippen LogP contribution in [0.5, 0.6) is 0 Å². The summed E-state index contributed by atoms with van der Waals surface area (Å²) in [5, 5.41) is 8.81. The van der Waals surface area contributed by atoms with E-state index in [2.05, 4.69) is 0 Å². The molecule has 0 saturated carbocycles. The first-order chi connectivity index (χ1) is 14.8. The molecule has 160 valence electrons. The van der Waals surface area contributed by atoms with Crippen molar-refractivity contribution in [1.82, 2.24) is 9.80 Å². The SMILES string of the molecule is Cc1c(C(=O)O)cccc1-c1ccc(/C=C2\SC(=O)N(CC(=O)N3CCCC3)C2=O)o1. The molecule has 31 heavy (non-hydrogen) atoms. The van der Waals surface area contributed by atoms with Crippen LogP contribution in [-0.2, 0) is 9.59 Å². The summed E-state index contributed by atoms with van der Waals surface area (Å²) in [6.07, 6.45) is 3.33. The van der Waals surface area contributed by atoms with Crippen LogP contribution in [0.25, 0.3) is 17.4 Å². The fourth-order valence-corrected chi connectivity index (χ4v) is 4.50. The lowest BCUT2D eigenvalue weighted by molar-refractivity contribution is -0.135. The first-order valence-corrected chi connectivity index (χ1v) is 10.6. The number of hydrogen-bond acceptors (Lipinski definition) is 6. The van der Waals surface area contributed by atoms with Crippen molar-refractivity contribution in [2.24, 2.45) is 0 Å². The molecule has 2 aliphatic heterocycles. The molecule has 9 heteroatoms. The molecule has 3 heterocycles. The van der Waals surface area contributed by atoms with Crippen molar-refractivity contribution in [2.45, 2.75) is 19.8 Å². The molecule has 0 bridgehead atoms. The second-order valence-electron chi connectivity index (χ2n) is 7.34. The number of nitrogens with zero attached hydrogens (tertiary/aromatic N) is 2. The van der Waals surface area contributed by atoms with Gasteiger partial charge in [-0.15, -0.1) is 0 Å². The maximum Gasteiger partial charge on any atom is 0.335 e. The molecule has 2 aliphatic rings. The third kappa shape index (κ3) is 4.13. The quantitative estimate of drug-likeness (QED) is 0.708. The van der Waals surface area contributed by atoms with Crippen molar-refractivity contribution in [3.05, 3.63) is 52.1 Å². The molecule has 8 nitrogen and oxygen atoms in total. The summed E-state index contributed by atoms with van der Waals surface area (Å²) < 4.78 is 5.79. The van der Waals surface area contributed by atoms with E-state index >= 15 is 0 Å². The Morgan fingerprint density at radius 3 is 2.61 bits per heavy atom. The maximum absolute atomic E-state index is 12.7. The molecule has 1 N–H and O–H groups in total. The Hall–Kier alpha value is -3.33. The molecule has 2 aromatic rings. The Labute approximate surface area is 182 Å². The second kappa shape index (κ2) is 8.43. The van der Waals surface area contributed by atoms with E-state index in [0.29, 0.717) is 35.7 Å². The van der Waals surface area contributed by atoms with Crippen molar-refractivity contribution in [1.29, 1.82) is 0 Å². The average molecular weight is 440 g/mol. The lowest BCUT2D eigenvalue weighted by Gasteiger charge is -2.18. The third-order valence-electron chi connectivity index (χ3n) is 5.36. The number of amides is 3. The number of likely N-dealkylation sites (tertiary alicyclic amines) is 1. The summed E-state index contributed by atoms with van der Waals surface area (Å²) in [4.78, 5) is 51.4. The zero-order valence-electron chi connectivity index (χ0n) is 16.8. The van der Waals surface area contributed by atoms with Crippen LogP contribution in [0.2, 0.25) is 0 Å². The van der Waals surface area contributed by atoms with Crippen molar-refractivity contribution in [3.8, 4) is 11.3 Å². The van der Waals surface area contributed by atoms with E-state index in [-0.39, 0.29) is 22.9 Å². The highest BCUT2D eigenvalue weighted by Gasteiger charge is 2.37. The first kappa shape index (κ1) is 20.9. The van der Waals surface area contributed by atoms with Gasteiger partial charge in [0.15, 0.2) is 0 Å². The lowest BCUT2D eigenvalue weighted by atomic mass is 10.0. The summed E-state index contributed by atoms with van der Waals surface area (Å²) >= 11 is 0.766. The van der Waals surface area contributed by atoms with Gasteiger partial charge in [0.05, 0.1) is 10.5 Å². The van der Waals surface area contributed by atoms with E-state index in [1.807, 2.05) is 0 Å². The van der Waals surface area contributed by atoms with Crippen LogP contribution >= 0.6 is 11.8 Å². The smallest absolute Gasteiger partial charge is 0.335 e. The molecule has 0 aliphatic carbocycles. The Morgan fingerprint density at radius 1 is 1.16 bits per heavy atom. The minimum atomic E-state index is -1.02. The van der Waals surface area contributed by atoms with E-state index in [1.165, 1.54) is 12.1 Å². The molecular formula is C22H20N2O6S. The molecule has 1 aromatic heterocycles. The molecule has 0 atom stereocenters. The molecule has 0 spiro atoms. The van der Waals surface area contributed by atoms with E-state index < -0.39 is 17.1 Å². The number of benzene rings is 1. The fraction of sp³-hybridized carbons (Fsp3) is 0.273. The van der Waals surface area contributed by atoms with Crippen molar-refractivity contribution < 1.29 is 28.7 Å². The van der Waals surface area contributed by atoms with Gasteiger partial charge in [-0.2, -0.15) is 0 Å². The molecule has 2 fully saturated rings. The summed E-state index contributed by atoms with van der Waals surface area (Å²) in [5.74, 6) is -0.968. The van der Waals surface area contributed by atoms with E-state index in [4.69, 9.17) is 4.42 Å². The average Bonchev–Trinajstić information content (AvgIpc) is 3.47. The second-order valence-corrected chi connectivity index (χ2v) is 8.33. The number of imide groups is 1. The maximum atomic E-state index is 12.7. The zero-order chi connectivity index (χ0) is 22.1. The van der Waals surface area contributed by atoms with Crippen LogP contribution in [0.4, 0.5) is 4.79 Å². The number of carboxylic acid groups (broad SMARTS) is 1. The van der Waals surface area contributed by atoms with Gasteiger partial charge < -0.3 is 14.4 Å². The molecule has 1 aromatic carbocycles. The molecule has 2 saturated heterocycles. The predicted octanol–water partition coefficient (Wildman–Crippen LogP) is 3.61. The Balaban J connectivity index is 1.52. The Bertz CT molecular complexity index is 1110. The number of aromatic carboxylic acids is 1. The molecule has 0 unspecified atom stereocenters. The number of carbonyl (C=O) groups is 4. The van der Waals surface area contributed by atoms with E-state index in [9.17, 15) is 24.3 Å². The highest BCUT2D eigenvalue weighted by atomic mass is 32.2. The van der Waals surface area contributed by atoms with Crippen LogP contribution in [0.1, 0.15) is 34.5 Å². The van der Waals surface area contributed by atoms with Crippen molar-refractivity contribution in [3.63, 3.8) is 0 Å². The number of hydrogen-bond donors (Lipinski definition) is 1. The number of rotatable bonds is 5. The number of thioether (sulfide) groups is 1. The Kier molecular flexibility index (Phi) is 5.69. The van der Waals surface area contributed by atoms with E-state index in [0.717, 1.165) is 29.5 Å². The monoisotopic (exact) mass is 440 g/mol.